The van der Waals surface area contributed by atoms with Crippen LogP contribution in [0.4, 0.5) is 0 Å². The summed E-state index contributed by atoms with van der Waals surface area (Å²) in [6.07, 6.45) is 5.97. The van der Waals surface area contributed by atoms with Crippen LogP contribution in [0, 0.1) is 5.92 Å². The maximum Gasteiger partial charge on any atom is 0.311 e. The van der Waals surface area contributed by atoms with Gasteiger partial charge in [0.15, 0.2) is 0 Å². The number of hydrogen-bond donors (Lipinski definition) is 1. The van der Waals surface area contributed by atoms with Crippen molar-refractivity contribution in [2.45, 2.75) is 65.4 Å². The average Bonchev–Trinajstić information content (AvgIpc) is 2.27. The van der Waals surface area contributed by atoms with E-state index in [1.54, 1.807) is 13.8 Å². The summed E-state index contributed by atoms with van der Waals surface area (Å²) in [4.78, 5) is 11.3. The molecule has 0 bridgehead atoms. The van der Waals surface area contributed by atoms with Gasteiger partial charge < -0.3 is 9.84 Å². The van der Waals surface area contributed by atoms with Crippen molar-refractivity contribution in [3.05, 3.63) is 0 Å². The molecule has 0 aromatic carbocycles. The predicted molar refractivity (Wildman–Crippen MR) is 65.2 cm³/mol. The Bertz CT molecular complexity index is 180. The molecule has 0 aliphatic carbocycles. The molecule has 0 aromatic heterocycles. The van der Waals surface area contributed by atoms with Gasteiger partial charge >= 0.3 is 5.97 Å². The molecule has 0 radical (unpaired) electrons. The molecule has 0 aromatic rings. The van der Waals surface area contributed by atoms with Crippen LogP contribution in [0.15, 0.2) is 0 Å². The zero-order valence-corrected chi connectivity index (χ0v) is 10.9. The van der Waals surface area contributed by atoms with Gasteiger partial charge in [0.2, 0.25) is 0 Å². The second-order valence-electron chi connectivity index (χ2n) is 4.31. The lowest BCUT2D eigenvalue weighted by atomic mass is 9.99. The predicted octanol–water partition coefficient (Wildman–Crippen LogP) is 2.91. The fourth-order valence-electron chi connectivity index (χ4n) is 1.64. The SMILES string of the molecule is CCCCCCC[C@H](O)[C@@H](C)C(=O)OCC. The summed E-state index contributed by atoms with van der Waals surface area (Å²) in [6.45, 7) is 6.07. The molecule has 1 N–H and O–H groups in total. The maximum absolute atomic E-state index is 11.3. The number of rotatable bonds is 9. The van der Waals surface area contributed by atoms with Crippen LogP contribution in [-0.2, 0) is 9.53 Å². The van der Waals surface area contributed by atoms with E-state index < -0.39 is 12.0 Å². The van der Waals surface area contributed by atoms with Crippen LogP contribution in [0.3, 0.4) is 0 Å². The van der Waals surface area contributed by atoms with Crippen molar-refractivity contribution in [3.63, 3.8) is 0 Å². The van der Waals surface area contributed by atoms with Crippen LogP contribution in [-0.4, -0.2) is 23.8 Å². The highest BCUT2D eigenvalue weighted by Gasteiger charge is 2.22. The second kappa shape index (κ2) is 9.64. The molecule has 0 unspecified atom stereocenters. The van der Waals surface area contributed by atoms with Gasteiger partial charge in [-0.2, -0.15) is 0 Å². The fraction of sp³-hybridized carbons (Fsp3) is 0.923. The Labute approximate surface area is 99.2 Å². The molecule has 0 aliphatic rings. The first-order valence-electron chi connectivity index (χ1n) is 6.48. The molecule has 2 atom stereocenters. The number of unbranched alkanes of at least 4 members (excludes halogenated alkanes) is 4. The highest BCUT2D eigenvalue weighted by molar-refractivity contribution is 5.72. The van der Waals surface area contributed by atoms with E-state index in [0.717, 1.165) is 12.8 Å². The molecule has 96 valence electrons. The van der Waals surface area contributed by atoms with Crippen molar-refractivity contribution in [2.75, 3.05) is 6.61 Å². The lowest BCUT2D eigenvalue weighted by molar-refractivity contribution is -0.151. The lowest BCUT2D eigenvalue weighted by Crippen LogP contribution is -2.27. The van der Waals surface area contributed by atoms with Gasteiger partial charge in [-0.25, -0.2) is 0 Å². The molecule has 0 aliphatic heterocycles. The molecule has 0 heterocycles. The normalized spacial score (nSPS) is 14.5. The van der Waals surface area contributed by atoms with Crippen LogP contribution >= 0.6 is 0 Å². The Kier molecular flexibility index (Phi) is 9.30. The van der Waals surface area contributed by atoms with E-state index in [1.807, 2.05) is 0 Å². The topological polar surface area (TPSA) is 46.5 Å². The Morgan fingerprint density at radius 2 is 1.81 bits per heavy atom. The molecule has 0 saturated carbocycles. The quantitative estimate of drug-likeness (QED) is 0.489. The summed E-state index contributed by atoms with van der Waals surface area (Å²) in [5.74, 6) is -0.685. The summed E-state index contributed by atoms with van der Waals surface area (Å²) in [6, 6.07) is 0. The van der Waals surface area contributed by atoms with Gasteiger partial charge in [0.05, 0.1) is 18.6 Å². The van der Waals surface area contributed by atoms with Crippen molar-refractivity contribution in [3.8, 4) is 0 Å². The van der Waals surface area contributed by atoms with E-state index >= 15 is 0 Å². The summed E-state index contributed by atoms with van der Waals surface area (Å²) >= 11 is 0. The number of aliphatic hydroxyl groups excluding tert-OH is 1. The molecule has 3 nitrogen and oxygen atoms in total. The van der Waals surface area contributed by atoms with E-state index in [4.69, 9.17) is 4.74 Å². The van der Waals surface area contributed by atoms with Crippen molar-refractivity contribution < 1.29 is 14.6 Å². The smallest absolute Gasteiger partial charge is 0.311 e. The Hall–Kier alpha value is -0.570. The number of carbonyl (C=O) groups is 1. The molecule has 3 heteroatoms. The standard InChI is InChI=1S/C13H26O3/c1-4-6-7-8-9-10-12(14)11(3)13(15)16-5-2/h11-12,14H,4-10H2,1-3H3/t11-,12+/m1/s1. The highest BCUT2D eigenvalue weighted by Crippen LogP contribution is 2.14. The molecule has 0 fully saturated rings. The highest BCUT2D eigenvalue weighted by atomic mass is 16.5. The van der Waals surface area contributed by atoms with Crippen LogP contribution in [0.2, 0.25) is 0 Å². The van der Waals surface area contributed by atoms with Gasteiger partial charge in [-0.3, -0.25) is 4.79 Å². The van der Waals surface area contributed by atoms with E-state index in [1.165, 1.54) is 19.3 Å². The Morgan fingerprint density at radius 3 is 2.38 bits per heavy atom. The van der Waals surface area contributed by atoms with E-state index in [-0.39, 0.29) is 5.97 Å². The molecular formula is C13H26O3. The van der Waals surface area contributed by atoms with E-state index in [0.29, 0.717) is 13.0 Å². The third kappa shape index (κ3) is 6.83. The zero-order chi connectivity index (χ0) is 12.4. The minimum Gasteiger partial charge on any atom is -0.466 e. The minimum atomic E-state index is -0.555. The second-order valence-corrected chi connectivity index (χ2v) is 4.31. The number of ether oxygens (including phenoxy) is 1. The number of aliphatic hydroxyl groups is 1. The first-order chi connectivity index (χ1) is 7.63. The fourth-order valence-corrected chi connectivity index (χ4v) is 1.64. The first kappa shape index (κ1) is 15.4. The van der Waals surface area contributed by atoms with Crippen LogP contribution in [0.25, 0.3) is 0 Å². The number of hydrogen-bond acceptors (Lipinski definition) is 3. The summed E-state index contributed by atoms with van der Waals surface area (Å²) in [5, 5.41) is 9.77. The number of carbonyl (C=O) groups excluding carboxylic acids is 1. The van der Waals surface area contributed by atoms with Gasteiger partial charge in [-0.1, -0.05) is 39.0 Å². The Balaban J connectivity index is 3.62. The third-order valence-electron chi connectivity index (χ3n) is 2.84. The van der Waals surface area contributed by atoms with Crippen molar-refractivity contribution in [1.29, 1.82) is 0 Å². The maximum atomic E-state index is 11.3. The number of esters is 1. The van der Waals surface area contributed by atoms with Crippen molar-refractivity contribution in [2.24, 2.45) is 5.92 Å². The van der Waals surface area contributed by atoms with Crippen molar-refractivity contribution in [1.82, 2.24) is 0 Å². The van der Waals surface area contributed by atoms with Crippen LogP contribution in [0.1, 0.15) is 59.3 Å². The molecule has 0 rings (SSSR count). The Morgan fingerprint density at radius 1 is 1.19 bits per heavy atom. The monoisotopic (exact) mass is 230 g/mol. The minimum absolute atomic E-state index is 0.288. The van der Waals surface area contributed by atoms with Gasteiger partial charge in [-0.05, 0) is 20.3 Å². The summed E-state index contributed by atoms with van der Waals surface area (Å²) in [5.41, 5.74) is 0. The molecule has 0 amide bonds. The van der Waals surface area contributed by atoms with Gasteiger partial charge in [0.1, 0.15) is 0 Å². The summed E-state index contributed by atoms with van der Waals surface area (Å²) < 4.78 is 4.87. The molecular weight excluding hydrogens is 204 g/mol. The van der Waals surface area contributed by atoms with Gasteiger partial charge in [0.25, 0.3) is 0 Å². The van der Waals surface area contributed by atoms with Crippen molar-refractivity contribution >= 4 is 5.97 Å². The van der Waals surface area contributed by atoms with Crippen LogP contribution in [0.5, 0.6) is 0 Å². The van der Waals surface area contributed by atoms with Crippen LogP contribution < -0.4 is 0 Å². The van der Waals surface area contributed by atoms with E-state index in [2.05, 4.69) is 6.92 Å². The first-order valence-corrected chi connectivity index (χ1v) is 6.48. The summed E-state index contributed by atoms with van der Waals surface area (Å²) in [7, 11) is 0. The average molecular weight is 230 g/mol. The molecule has 0 spiro atoms. The third-order valence-corrected chi connectivity index (χ3v) is 2.84. The largest absolute Gasteiger partial charge is 0.466 e. The molecule has 16 heavy (non-hydrogen) atoms. The van der Waals surface area contributed by atoms with E-state index in [9.17, 15) is 9.90 Å². The van der Waals surface area contributed by atoms with Gasteiger partial charge in [0, 0.05) is 0 Å². The zero-order valence-electron chi connectivity index (χ0n) is 10.9. The molecule has 0 saturated heterocycles. The van der Waals surface area contributed by atoms with Gasteiger partial charge in [-0.15, -0.1) is 0 Å². The lowest BCUT2D eigenvalue weighted by Gasteiger charge is -2.17.